The molecule has 2 rings (SSSR count). The van der Waals surface area contributed by atoms with Gasteiger partial charge in [0.15, 0.2) is 6.61 Å². The van der Waals surface area contributed by atoms with Crippen LogP contribution in [-0.2, 0) is 9.53 Å². The number of amides is 1. The van der Waals surface area contributed by atoms with E-state index in [1.807, 2.05) is 0 Å². The molecule has 2 aromatic carbocycles. The highest BCUT2D eigenvalue weighted by atomic mass is 16.6. The summed E-state index contributed by atoms with van der Waals surface area (Å²) < 4.78 is 20.5. The Labute approximate surface area is 151 Å². The average Bonchev–Trinajstić information content (AvgIpc) is 2.66. The first-order valence-corrected chi connectivity index (χ1v) is 7.98. The number of carbonyl (C=O) groups excluding carboxylic acids is 2. The van der Waals surface area contributed by atoms with Crippen LogP contribution in [0.4, 0.5) is 5.69 Å². The maximum Gasteiger partial charge on any atom is 0.344 e. The second-order valence-electron chi connectivity index (χ2n) is 5.18. The van der Waals surface area contributed by atoms with Gasteiger partial charge in [-0.1, -0.05) is 6.07 Å². The molecule has 0 heterocycles. The SMILES string of the molecule is CCOC(=O)COc1cccc(NC(=O)c2cc(OC)cc(OC)c2)c1. The lowest BCUT2D eigenvalue weighted by molar-refractivity contribution is -0.145. The Hall–Kier alpha value is -3.22. The molecule has 0 aliphatic heterocycles. The van der Waals surface area contributed by atoms with Crippen LogP contribution in [0.15, 0.2) is 42.5 Å². The van der Waals surface area contributed by atoms with Crippen LogP contribution in [0, 0.1) is 0 Å². The van der Waals surface area contributed by atoms with Crippen LogP contribution in [0.2, 0.25) is 0 Å². The predicted molar refractivity (Wildman–Crippen MR) is 96.1 cm³/mol. The molecule has 0 bridgehead atoms. The molecule has 0 spiro atoms. The van der Waals surface area contributed by atoms with Gasteiger partial charge in [-0.05, 0) is 31.2 Å². The van der Waals surface area contributed by atoms with Gasteiger partial charge in [0.25, 0.3) is 5.91 Å². The summed E-state index contributed by atoms with van der Waals surface area (Å²) in [5.41, 5.74) is 0.914. The molecule has 0 aromatic heterocycles. The van der Waals surface area contributed by atoms with E-state index in [-0.39, 0.29) is 12.5 Å². The van der Waals surface area contributed by atoms with E-state index in [1.54, 1.807) is 49.4 Å². The van der Waals surface area contributed by atoms with Crippen LogP contribution < -0.4 is 19.5 Å². The van der Waals surface area contributed by atoms with E-state index >= 15 is 0 Å². The lowest BCUT2D eigenvalue weighted by Gasteiger charge is -2.11. The van der Waals surface area contributed by atoms with Crippen molar-refractivity contribution in [2.75, 3.05) is 32.8 Å². The van der Waals surface area contributed by atoms with E-state index < -0.39 is 5.97 Å². The molecule has 0 unspecified atom stereocenters. The molecule has 138 valence electrons. The van der Waals surface area contributed by atoms with Crippen molar-refractivity contribution in [3.05, 3.63) is 48.0 Å². The first kappa shape index (κ1) is 19.1. The molecule has 0 aliphatic rings. The van der Waals surface area contributed by atoms with Gasteiger partial charge < -0.3 is 24.3 Å². The van der Waals surface area contributed by atoms with Gasteiger partial charge in [0, 0.05) is 23.4 Å². The van der Waals surface area contributed by atoms with Gasteiger partial charge in [-0.2, -0.15) is 0 Å². The highest BCUT2D eigenvalue weighted by Crippen LogP contribution is 2.24. The summed E-state index contributed by atoms with van der Waals surface area (Å²) >= 11 is 0. The van der Waals surface area contributed by atoms with E-state index in [0.29, 0.717) is 35.1 Å². The molecule has 2 aromatic rings. The van der Waals surface area contributed by atoms with Crippen molar-refractivity contribution in [2.24, 2.45) is 0 Å². The molecule has 0 saturated heterocycles. The zero-order valence-corrected chi connectivity index (χ0v) is 14.9. The molecule has 0 radical (unpaired) electrons. The zero-order chi connectivity index (χ0) is 18.9. The summed E-state index contributed by atoms with van der Waals surface area (Å²) in [6, 6.07) is 11.6. The molecule has 1 N–H and O–H groups in total. The highest BCUT2D eigenvalue weighted by molar-refractivity contribution is 6.04. The number of anilines is 1. The van der Waals surface area contributed by atoms with Gasteiger partial charge in [-0.25, -0.2) is 4.79 Å². The standard InChI is InChI=1S/C19H21NO6/c1-4-25-18(21)12-26-15-7-5-6-14(10-15)20-19(22)13-8-16(23-2)11-17(9-13)24-3/h5-11H,4,12H2,1-3H3,(H,20,22). The molecule has 7 heteroatoms. The number of carbonyl (C=O) groups is 2. The van der Waals surface area contributed by atoms with Crippen molar-refractivity contribution in [1.82, 2.24) is 0 Å². The monoisotopic (exact) mass is 359 g/mol. The summed E-state index contributed by atoms with van der Waals surface area (Å²) in [4.78, 5) is 23.8. The van der Waals surface area contributed by atoms with E-state index in [4.69, 9.17) is 18.9 Å². The molecule has 0 atom stereocenters. The van der Waals surface area contributed by atoms with Gasteiger partial charge in [0.05, 0.1) is 20.8 Å². The van der Waals surface area contributed by atoms with Crippen LogP contribution in [0.3, 0.4) is 0 Å². The Morgan fingerprint density at radius 3 is 2.27 bits per heavy atom. The maximum absolute atomic E-state index is 12.5. The van der Waals surface area contributed by atoms with Crippen molar-refractivity contribution in [3.63, 3.8) is 0 Å². The van der Waals surface area contributed by atoms with Crippen LogP contribution >= 0.6 is 0 Å². The minimum atomic E-state index is -0.453. The van der Waals surface area contributed by atoms with Crippen molar-refractivity contribution in [1.29, 1.82) is 0 Å². The first-order chi connectivity index (χ1) is 12.5. The minimum Gasteiger partial charge on any atom is -0.497 e. The van der Waals surface area contributed by atoms with Gasteiger partial charge in [-0.15, -0.1) is 0 Å². The molecule has 26 heavy (non-hydrogen) atoms. The highest BCUT2D eigenvalue weighted by Gasteiger charge is 2.11. The van der Waals surface area contributed by atoms with Crippen molar-refractivity contribution < 1.29 is 28.5 Å². The lowest BCUT2D eigenvalue weighted by Crippen LogP contribution is -2.15. The number of methoxy groups -OCH3 is 2. The van der Waals surface area contributed by atoms with Crippen LogP contribution in [0.1, 0.15) is 17.3 Å². The van der Waals surface area contributed by atoms with Crippen LogP contribution in [-0.4, -0.2) is 39.3 Å². The molecular formula is C19H21NO6. The fourth-order valence-electron chi connectivity index (χ4n) is 2.15. The average molecular weight is 359 g/mol. The molecule has 7 nitrogen and oxygen atoms in total. The largest absolute Gasteiger partial charge is 0.497 e. The normalized spacial score (nSPS) is 9.96. The Morgan fingerprint density at radius 2 is 1.65 bits per heavy atom. The van der Waals surface area contributed by atoms with Crippen molar-refractivity contribution in [2.45, 2.75) is 6.92 Å². The lowest BCUT2D eigenvalue weighted by atomic mass is 10.1. The number of nitrogens with one attached hydrogen (secondary N) is 1. The quantitative estimate of drug-likeness (QED) is 0.730. The number of rotatable bonds is 8. The van der Waals surface area contributed by atoms with E-state index in [9.17, 15) is 9.59 Å². The third-order valence-corrected chi connectivity index (χ3v) is 3.37. The summed E-state index contributed by atoms with van der Waals surface area (Å²) in [6.45, 7) is 1.82. The third-order valence-electron chi connectivity index (χ3n) is 3.37. The van der Waals surface area contributed by atoms with Crippen molar-refractivity contribution in [3.8, 4) is 17.2 Å². The molecule has 1 amide bonds. The Bertz CT molecular complexity index is 752. The second-order valence-corrected chi connectivity index (χ2v) is 5.18. The van der Waals surface area contributed by atoms with Crippen molar-refractivity contribution >= 4 is 17.6 Å². The number of hydrogen-bond donors (Lipinski definition) is 1. The molecular weight excluding hydrogens is 338 g/mol. The van der Waals surface area contributed by atoms with Crippen LogP contribution in [0.25, 0.3) is 0 Å². The smallest absolute Gasteiger partial charge is 0.344 e. The summed E-state index contributed by atoms with van der Waals surface area (Å²) in [6.07, 6.45) is 0. The fourth-order valence-corrected chi connectivity index (χ4v) is 2.15. The maximum atomic E-state index is 12.5. The second kappa shape index (κ2) is 9.31. The number of hydrogen-bond acceptors (Lipinski definition) is 6. The zero-order valence-electron chi connectivity index (χ0n) is 14.9. The fraction of sp³-hybridized carbons (Fsp3) is 0.263. The van der Waals surface area contributed by atoms with Gasteiger partial charge >= 0.3 is 5.97 Å². The number of benzene rings is 2. The molecule has 0 fully saturated rings. The molecule has 0 saturated carbocycles. The Balaban J connectivity index is 2.07. The predicted octanol–water partition coefficient (Wildman–Crippen LogP) is 2.90. The van der Waals surface area contributed by atoms with Crippen LogP contribution in [0.5, 0.6) is 17.2 Å². The minimum absolute atomic E-state index is 0.196. The van der Waals surface area contributed by atoms with E-state index in [2.05, 4.69) is 5.32 Å². The number of esters is 1. The Morgan fingerprint density at radius 1 is 0.962 bits per heavy atom. The van der Waals surface area contributed by atoms with Gasteiger partial charge in [-0.3, -0.25) is 4.79 Å². The van der Waals surface area contributed by atoms with Gasteiger partial charge in [0.1, 0.15) is 17.2 Å². The summed E-state index contributed by atoms with van der Waals surface area (Å²) in [5, 5.41) is 2.77. The van der Waals surface area contributed by atoms with Gasteiger partial charge in [0.2, 0.25) is 0 Å². The third kappa shape index (κ3) is 5.41. The summed E-state index contributed by atoms with van der Waals surface area (Å²) in [7, 11) is 3.03. The molecule has 0 aliphatic carbocycles. The topological polar surface area (TPSA) is 83.1 Å². The summed E-state index contributed by atoms with van der Waals surface area (Å²) in [5.74, 6) is 0.691. The van der Waals surface area contributed by atoms with E-state index in [0.717, 1.165) is 0 Å². The number of ether oxygens (including phenoxy) is 4. The Kier molecular flexibility index (Phi) is 6.84. The first-order valence-electron chi connectivity index (χ1n) is 7.98. The van der Waals surface area contributed by atoms with E-state index in [1.165, 1.54) is 14.2 Å².